The van der Waals surface area contributed by atoms with Crippen LogP contribution in [0.4, 0.5) is 10.5 Å². The second-order valence-electron chi connectivity index (χ2n) is 6.24. The zero-order valence-corrected chi connectivity index (χ0v) is 15.2. The monoisotopic (exact) mass is 370 g/mol. The largest absolute Gasteiger partial charge is 0.338 e. The van der Waals surface area contributed by atoms with E-state index in [2.05, 4.69) is 20.8 Å². The van der Waals surface area contributed by atoms with Crippen LogP contribution in [-0.2, 0) is 0 Å². The first-order valence-corrected chi connectivity index (χ1v) is 8.64. The van der Waals surface area contributed by atoms with Crippen LogP contribution < -0.4 is 10.6 Å². The van der Waals surface area contributed by atoms with Gasteiger partial charge in [0.25, 0.3) is 5.89 Å². The second-order valence-corrected chi connectivity index (χ2v) is 6.68. The molecule has 0 saturated heterocycles. The second kappa shape index (κ2) is 8.01. The number of hydrogen-bond acceptors (Lipinski definition) is 4. The smallest absolute Gasteiger partial charge is 0.319 e. The molecule has 0 aliphatic carbocycles. The van der Waals surface area contributed by atoms with Gasteiger partial charge in [0.1, 0.15) is 0 Å². The van der Waals surface area contributed by atoms with Gasteiger partial charge in [0.2, 0.25) is 5.82 Å². The molecule has 6 nitrogen and oxygen atoms in total. The summed E-state index contributed by atoms with van der Waals surface area (Å²) < 4.78 is 5.33. The predicted octanol–water partition coefficient (Wildman–Crippen LogP) is 4.83. The summed E-state index contributed by atoms with van der Waals surface area (Å²) in [7, 11) is 0. The van der Waals surface area contributed by atoms with Crippen molar-refractivity contribution in [3.8, 4) is 22.8 Å². The average Bonchev–Trinajstić information content (AvgIpc) is 3.11. The van der Waals surface area contributed by atoms with Crippen LogP contribution in [0.2, 0.25) is 5.02 Å². The number of urea groups is 1. The van der Waals surface area contributed by atoms with E-state index in [9.17, 15) is 4.79 Å². The quantitative estimate of drug-likeness (QED) is 0.673. The fourth-order valence-electron chi connectivity index (χ4n) is 2.26. The Labute approximate surface area is 156 Å². The minimum atomic E-state index is -0.245. The number of rotatable bonds is 5. The number of nitrogens with one attached hydrogen (secondary N) is 2. The Kier molecular flexibility index (Phi) is 5.53. The lowest BCUT2D eigenvalue weighted by molar-refractivity contribution is 0.251. The molecule has 26 heavy (non-hydrogen) atoms. The van der Waals surface area contributed by atoms with Crippen molar-refractivity contribution < 1.29 is 9.32 Å². The van der Waals surface area contributed by atoms with Crippen molar-refractivity contribution in [3.05, 3.63) is 53.6 Å². The maximum Gasteiger partial charge on any atom is 0.319 e. The van der Waals surface area contributed by atoms with Gasteiger partial charge in [0.15, 0.2) is 0 Å². The highest BCUT2D eigenvalue weighted by Gasteiger charge is 2.11. The van der Waals surface area contributed by atoms with Gasteiger partial charge in [-0.05, 0) is 42.3 Å². The van der Waals surface area contributed by atoms with Crippen LogP contribution in [0, 0.1) is 5.92 Å². The normalized spacial score (nSPS) is 10.8. The van der Waals surface area contributed by atoms with Crippen LogP contribution in [0.5, 0.6) is 0 Å². The highest BCUT2D eigenvalue weighted by molar-refractivity contribution is 6.30. The summed E-state index contributed by atoms with van der Waals surface area (Å²) in [6.07, 6.45) is 0. The molecule has 0 fully saturated rings. The third-order valence-corrected chi connectivity index (χ3v) is 3.82. The van der Waals surface area contributed by atoms with Gasteiger partial charge in [-0.1, -0.05) is 42.7 Å². The Bertz CT molecular complexity index is 891. The molecule has 0 aliphatic rings. The molecule has 0 bridgehead atoms. The van der Waals surface area contributed by atoms with Crippen LogP contribution in [0.15, 0.2) is 53.1 Å². The summed E-state index contributed by atoms with van der Waals surface area (Å²) in [5, 5.41) is 10.3. The van der Waals surface area contributed by atoms with Gasteiger partial charge in [-0.2, -0.15) is 4.98 Å². The fourth-order valence-corrected chi connectivity index (χ4v) is 2.38. The van der Waals surface area contributed by atoms with E-state index < -0.39 is 0 Å². The van der Waals surface area contributed by atoms with Gasteiger partial charge in [0.05, 0.1) is 0 Å². The number of aromatic nitrogens is 2. The van der Waals surface area contributed by atoms with Crippen molar-refractivity contribution >= 4 is 23.3 Å². The summed E-state index contributed by atoms with van der Waals surface area (Å²) in [5.41, 5.74) is 2.19. The number of carbonyl (C=O) groups is 1. The Balaban J connectivity index is 1.74. The average molecular weight is 371 g/mol. The summed E-state index contributed by atoms with van der Waals surface area (Å²) in [4.78, 5) is 16.3. The van der Waals surface area contributed by atoms with Crippen molar-refractivity contribution in [2.24, 2.45) is 5.92 Å². The molecule has 0 unspecified atom stereocenters. The molecule has 0 saturated carbocycles. The first kappa shape index (κ1) is 17.9. The van der Waals surface area contributed by atoms with E-state index in [4.69, 9.17) is 16.1 Å². The predicted molar refractivity (Wildman–Crippen MR) is 102 cm³/mol. The van der Waals surface area contributed by atoms with Crippen molar-refractivity contribution in [1.29, 1.82) is 0 Å². The number of hydrogen-bond donors (Lipinski definition) is 2. The summed E-state index contributed by atoms with van der Waals surface area (Å²) >= 11 is 5.89. The number of nitrogens with zero attached hydrogens (tertiary/aromatic N) is 2. The molecule has 3 aromatic rings. The van der Waals surface area contributed by atoms with Crippen molar-refractivity contribution in [2.75, 3.05) is 11.9 Å². The molecule has 0 spiro atoms. The highest BCUT2D eigenvalue weighted by Crippen LogP contribution is 2.25. The first-order valence-electron chi connectivity index (χ1n) is 8.26. The van der Waals surface area contributed by atoms with Gasteiger partial charge >= 0.3 is 6.03 Å². The summed E-state index contributed by atoms with van der Waals surface area (Å²) in [6, 6.07) is 14.2. The van der Waals surface area contributed by atoms with Crippen LogP contribution in [-0.4, -0.2) is 22.7 Å². The molecule has 2 amide bonds. The molecule has 1 heterocycles. The van der Waals surface area contributed by atoms with Gasteiger partial charge in [-0.15, -0.1) is 0 Å². The molecule has 0 atom stereocenters. The van der Waals surface area contributed by atoms with Gasteiger partial charge in [0, 0.05) is 28.4 Å². The Morgan fingerprint density at radius 2 is 1.92 bits per heavy atom. The minimum Gasteiger partial charge on any atom is -0.338 e. The molecule has 7 heteroatoms. The van der Waals surface area contributed by atoms with E-state index >= 15 is 0 Å². The summed E-state index contributed by atoms with van der Waals surface area (Å²) in [5.74, 6) is 1.24. The standard InChI is InChI=1S/C19H19ClN4O2/c1-12(2)11-21-19(25)22-16-5-3-4-14(10-16)17-23-18(26-24-17)13-6-8-15(20)9-7-13/h3-10,12H,11H2,1-2H3,(H2,21,22,25). The Morgan fingerprint density at radius 3 is 2.65 bits per heavy atom. The van der Waals surface area contributed by atoms with Crippen molar-refractivity contribution in [3.63, 3.8) is 0 Å². The maximum absolute atomic E-state index is 11.9. The van der Waals surface area contributed by atoms with E-state index in [0.717, 1.165) is 11.1 Å². The molecule has 0 aliphatic heterocycles. The van der Waals surface area contributed by atoms with Gasteiger partial charge in [-0.3, -0.25) is 0 Å². The maximum atomic E-state index is 11.9. The lowest BCUT2D eigenvalue weighted by atomic mass is 10.2. The molecule has 0 radical (unpaired) electrons. The van der Waals surface area contributed by atoms with Crippen molar-refractivity contribution in [1.82, 2.24) is 15.5 Å². The molecule has 3 rings (SSSR count). The third kappa shape index (κ3) is 4.61. The van der Waals surface area contributed by atoms with Crippen molar-refractivity contribution in [2.45, 2.75) is 13.8 Å². The Hall–Kier alpha value is -2.86. The lowest BCUT2D eigenvalue weighted by Gasteiger charge is -2.09. The van der Waals surface area contributed by atoms with Crippen LogP contribution in [0.1, 0.15) is 13.8 Å². The highest BCUT2D eigenvalue weighted by atomic mass is 35.5. The van der Waals surface area contributed by atoms with E-state index in [1.807, 2.05) is 38.1 Å². The minimum absolute atomic E-state index is 0.245. The number of amides is 2. The SMILES string of the molecule is CC(C)CNC(=O)Nc1cccc(-c2noc(-c3ccc(Cl)cc3)n2)c1. The topological polar surface area (TPSA) is 80.0 Å². The van der Waals surface area contributed by atoms with Crippen LogP contribution in [0.25, 0.3) is 22.8 Å². The fraction of sp³-hybridized carbons (Fsp3) is 0.211. The Morgan fingerprint density at radius 1 is 1.15 bits per heavy atom. The zero-order valence-electron chi connectivity index (χ0n) is 14.5. The number of anilines is 1. The molecule has 2 N–H and O–H groups in total. The molecule has 134 valence electrons. The van der Waals surface area contributed by atoms with E-state index in [-0.39, 0.29) is 6.03 Å². The third-order valence-electron chi connectivity index (χ3n) is 3.57. The zero-order chi connectivity index (χ0) is 18.5. The molecule has 1 aromatic heterocycles. The van der Waals surface area contributed by atoms with Crippen LogP contribution >= 0.6 is 11.6 Å². The molecule has 2 aromatic carbocycles. The van der Waals surface area contributed by atoms with Crippen LogP contribution in [0.3, 0.4) is 0 Å². The lowest BCUT2D eigenvalue weighted by Crippen LogP contribution is -2.31. The van der Waals surface area contributed by atoms with E-state index in [0.29, 0.717) is 34.9 Å². The van der Waals surface area contributed by atoms with E-state index in [1.54, 1.807) is 24.3 Å². The van der Waals surface area contributed by atoms with Gasteiger partial charge in [-0.25, -0.2) is 4.79 Å². The number of halogens is 1. The van der Waals surface area contributed by atoms with Gasteiger partial charge < -0.3 is 15.2 Å². The molecular weight excluding hydrogens is 352 g/mol. The number of carbonyl (C=O) groups excluding carboxylic acids is 1. The first-order chi connectivity index (χ1) is 12.5. The number of benzene rings is 2. The molecular formula is C19H19ClN4O2. The summed E-state index contributed by atoms with van der Waals surface area (Å²) in [6.45, 7) is 4.69. The van der Waals surface area contributed by atoms with E-state index in [1.165, 1.54) is 0 Å².